The van der Waals surface area contributed by atoms with E-state index in [4.69, 9.17) is 4.74 Å². The summed E-state index contributed by atoms with van der Waals surface area (Å²) in [7, 11) is 3.36. The minimum Gasteiger partial charge on any atom is -0.508 e. The number of benzene rings is 1. The summed E-state index contributed by atoms with van der Waals surface area (Å²) in [4.78, 5) is 29.2. The van der Waals surface area contributed by atoms with Gasteiger partial charge in [-0.1, -0.05) is 12.1 Å². The molecule has 25 heavy (non-hydrogen) atoms. The number of hydrogen-bond acceptors (Lipinski definition) is 4. The maximum Gasteiger partial charge on any atom is 0.409 e. The molecule has 0 saturated carbocycles. The molecule has 1 aromatic carbocycles. The molecule has 0 aromatic heterocycles. The lowest BCUT2D eigenvalue weighted by molar-refractivity contribution is 0.0840. The third kappa shape index (κ3) is 5.85. The van der Waals surface area contributed by atoms with Crippen LogP contribution in [0.2, 0.25) is 0 Å². The van der Waals surface area contributed by atoms with Crippen LogP contribution in [0.4, 0.5) is 9.59 Å². The van der Waals surface area contributed by atoms with E-state index < -0.39 is 0 Å². The van der Waals surface area contributed by atoms with Gasteiger partial charge in [0.2, 0.25) is 0 Å². The van der Waals surface area contributed by atoms with Gasteiger partial charge in [-0.15, -0.1) is 0 Å². The molecule has 1 aliphatic heterocycles. The third-order valence-corrected chi connectivity index (χ3v) is 4.14. The zero-order valence-electron chi connectivity index (χ0n) is 15.0. The van der Waals surface area contributed by atoms with Crippen LogP contribution in [-0.4, -0.2) is 72.3 Å². The number of urea groups is 1. The summed E-state index contributed by atoms with van der Waals surface area (Å²) < 4.78 is 5.33. The summed E-state index contributed by atoms with van der Waals surface area (Å²) in [5.41, 5.74) is 0.817. The summed E-state index contributed by atoms with van der Waals surface area (Å²) in [6.45, 7) is 2.26. The Morgan fingerprint density at radius 1 is 1.20 bits per heavy atom. The average Bonchev–Trinajstić information content (AvgIpc) is 2.60. The minimum atomic E-state index is -0.311. The maximum absolute atomic E-state index is 12.3. The normalized spacial score (nSPS) is 14.1. The van der Waals surface area contributed by atoms with Gasteiger partial charge in [0.15, 0.2) is 0 Å². The van der Waals surface area contributed by atoms with Crippen molar-refractivity contribution >= 4 is 12.1 Å². The topological polar surface area (TPSA) is 73.3 Å². The first-order valence-electron chi connectivity index (χ1n) is 8.63. The largest absolute Gasteiger partial charge is 0.508 e. The Balaban J connectivity index is 1.89. The second-order valence-electron chi connectivity index (χ2n) is 6.43. The van der Waals surface area contributed by atoms with Gasteiger partial charge >= 0.3 is 12.1 Å². The number of carbonyl (C=O) groups is 2. The van der Waals surface area contributed by atoms with E-state index in [1.807, 2.05) is 6.07 Å². The van der Waals surface area contributed by atoms with Gasteiger partial charge < -0.3 is 24.5 Å². The summed E-state index contributed by atoms with van der Waals surface area (Å²) >= 11 is 0. The predicted octanol–water partition coefficient (Wildman–Crippen LogP) is 2.50. The average molecular weight is 349 g/mol. The maximum atomic E-state index is 12.3. The number of phenolic OH excluding ortho intramolecular Hbond substituents is 1. The molecule has 0 spiro atoms. The van der Waals surface area contributed by atoms with Crippen molar-refractivity contribution in [2.75, 3.05) is 40.3 Å². The Kier molecular flexibility index (Phi) is 6.91. The molecule has 138 valence electrons. The Morgan fingerprint density at radius 2 is 1.92 bits per heavy atom. The molecule has 1 N–H and O–H groups in total. The highest BCUT2D eigenvalue weighted by atomic mass is 16.6. The molecule has 1 aromatic rings. The number of phenols is 1. The molecule has 0 unspecified atom stereocenters. The molecular weight excluding hydrogens is 322 g/mol. The highest BCUT2D eigenvalue weighted by Crippen LogP contribution is 2.14. The van der Waals surface area contributed by atoms with E-state index in [1.165, 1.54) is 4.90 Å². The van der Waals surface area contributed by atoms with E-state index in [1.54, 1.807) is 42.1 Å². The van der Waals surface area contributed by atoms with Crippen LogP contribution in [0.1, 0.15) is 24.8 Å². The number of amides is 3. The van der Waals surface area contributed by atoms with Crippen molar-refractivity contribution in [2.24, 2.45) is 0 Å². The Labute approximate surface area is 148 Å². The van der Waals surface area contributed by atoms with Crippen molar-refractivity contribution in [3.8, 4) is 5.75 Å². The molecular formula is C18H27N3O4. The van der Waals surface area contributed by atoms with Gasteiger partial charge in [0.25, 0.3) is 0 Å². The molecule has 1 heterocycles. The van der Waals surface area contributed by atoms with E-state index >= 15 is 0 Å². The van der Waals surface area contributed by atoms with E-state index in [0.717, 1.165) is 37.9 Å². The molecule has 0 radical (unpaired) electrons. The monoisotopic (exact) mass is 349 g/mol. The second-order valence-corrected chi connectivity index (χ2v) is 6.43. The van der Waals surface area contributed by atoms with E-state index in [2.05, 4.69) is 0 Å². The number of hydrogen-bond donors (Lipinski definition) is 1. The number of piperidine rings is 1. The lowest BCUT2D eigenvalue weighted by atomic mass is 10.1. The lowest BCUT2D eigenvalue weighted by Gasteiger charge is -2.28. The molecule has 7 heteroatoms. The third-order valence-electron chi connectivity index (χ3n) is 4.14. The fourth-order valence-electron chi connectivity index (χ4n) is 2.81. The van der Waals surface area contributed by atoms with Gasteiger partial charge in [0.05, 0.1) is 6.54 Å². The standard InChI is InChI=1S/C18H27N3O4/c1-19(2)17(23)21(14-15-7-6-8-16(22)13-15)11-12-25-18(24)20-9-4-3-5-10-20/h6-8,13,22H,3-5,9-12,14H2,1-2H3. The molecule has 1 aliphatic rings. The van der Waals surface area contributed by atoms with Gasteiger partial charge in [0, 0.05) is 33.7 Å². The fourth-order valence-corrected chi connectivity index (χ4v) is 2.81. The molecule has 0 atom stereocenters. The van der Waals surface area contributed by atoms with E-state index in [0.29, 0.717) is 13.1 Å². The molecule has 7 nitrogen and oxygen atoms in total. The number of aromatic hydroxyl groups is 1. The first kappa shape index (κ1) is 18.9. The molecule has 3 amide bonds. The van der Waals surface area contributed by atoms with Gasteiger partial charge in [-0.05, 0) is 37.0 Å². The summed E-state index contributed by atoms with van der Waals surface area (Å²) in [6, 6.07) is 6.62. The van der Waals surface area contributed by atoms with Crippen LogP contribution in [-0.2, 0) is 11.3 Å². The van der Waals surface area contributed by atoms with Gasteiger partial charge in [-0.25, -0.2) is 9.59 Å². The predicted molar refractivity (Wildman–Crippen MR) is 94.4 cm³/mol. The van der Waals surface area contributed by atoms with Crippen LogP contribution in [0.15, 0.2) is 24.3 Å². The molecule has 1 saturated heterocycles. The van der Waals surface area contributed by atoms with Crippen molar-refractivity contribution in [1.29, 1.82) is 0 Å². The molecule has 1 fully saturated rings. The summed E-state index contributed by atoms with van der Waals surface area (Å²) in [5.74, 6) is 0.159. The van der Waals surface area contributed by atoms with Crippen molar-refractivity contribution < 1.29 is 19.4 Å². The first-order chi connectivity index (χ1) is 12.0. The van der Waals surface area contributed by atoms with Crippen LogP contribution in [0.25, 0.3) is 0 Å². The number of ether oxygens (including phenoxy) is 1. The molecule has 0 aliphatic carbocycles. The van der Waals surface area contributed by atoms with E-state index in [9.17, 15) is 14.7 Å². The van der Waals surface area contributed by atoms with Gasteiger partial charge in [0.1, 0.15) is 12.4 Å². The molecule has 2 rings (SSSR count). The van der Waals surface area contributed by atoms with Crippen LogP contribution >= 0.6 is 0 Å². The summed E-state index contributed by atoms with van der Waals surface area (Å²) in [5, 5.41) is 9.58. The van der Waals surface area contributed by atoms with E-state index in [-0.39, 0.29) is 24.5 Å². The van der Waals surface area contributed by atoms with Crippen molar-refractivity contribution in [3.63, 3.8) is 0 Å². The second kappa shape index (κ2) is 9.15. The fraction of sp³-hybridized carbons (Fsp3) is 0.556. The van der Waals surface area contributed by atoms with Crippen molar-refractivity contribution in [1.82, 2.24) is 14.7 Å². The van der Waals surface area contributed by atoms with Crippen LogP contribution < -0.4 is 0 Å². The Bertz CT molecular complexity index is 585. The quantitative estimate of drug-likeness (QED) is 0.886. The minimum absolute atomic E-state index is 0.147. The van der Waals surface area contributed by atoms with Gasteiger partial charge in [-0.2, -0.15) is 0 Å². The van der Waals surface area contributed by atoms with Gasteiger partial charge in [-0.3, -0.25) is 0 Å². The smallest absolute Gasteiger partial charge is 0.409 e. The summed E-state index contributed by atoms with van der Waals surface area (Å²) in [6.07, 6.45) is 2.86. The van der Waals surface area contributed by atoms with Crippen LogP contribution in [0.3, 0.4) is 0 Å². The zero-order valence-corrected chi connectivity index (χ0v) is 15.0. The Hall–Kier alpha value is -2.44. The van der Waals surface area contributed by atoms with Crippen molar-refractivity contribution in [2.45, 2.75) is 25.8 Å². The lowest BCUT2D eigenvalue weighted by Crippen LogP contribution is -2.42. The number of likely N-dealkylation sites (tertiary alicyclic amines) is 1. The Morgan fingerprint density at radius 3 is 2.56 bits per heavy atom. The number of rotatable bonds is 5. The zero-order chi connectivity index (χ0) is 18.2. The SMILES string of the molecule is CN(C)C(=O)N(CCOC(=O)N1CCCCC1)Cc1cccc(O)c1. The van der Waals surface area contributed by atoms with Crippen LogP contribution in [0.5, 0.6) is 5.75 Å². The number of nitrogens with zero attached hydrogens (tertiary/aromatic N) is 3. The van der Waals surface area contributed by atoms with Crippen LogP contribution in [0, 0.1) is 0 Å². The highest BCUT2D eigenvalue weighted by molar-refractivity contribution is 5.74. The van der Waals surface area contributed by atoms with Crippen molar-refractivity contribution in [3.05, 3.63) is 29.8 Å². The molecule has 0 bridgehead atoms. The first-order valence-corrected chi connectivity index (χ1v) is 8.63. The highest BCUT2D eigenvalue weighted by Gasteiger charge is 2.20. The number of carbonyl (C=O) groups excluding carboxylic acids is 2.